The van der Waals surface area contributed by atoms with E-state index in [0.717, 1.165) is 5.56 Å². The predicted molar refractivity (Wildman–Crippen MR) is 175 cm³/mol. The first-order chi connectivity index (χ1) is 22.6. The number of halogens is 1. The van der Waals surface area contributed by atoms with Crippen LogP contribution in [0.15, 0.2) is 72.8 Å². The lowest BCUT2D eigenvalue weighted by atomic mass is 9.77. The summed E-state index contributed by atoms with van der Waals surface area (Å²) in [6.45, 7) is 5.43. The molecule has 2 N–H and O–H groups in total. The van der Waals surface area contributed by atoms with Crippen molar-refractivity contribution in [3.05, 3.63) is 89.0 Å². The highest BCUT2D eigenvalue weighted by molar-refractivity contribution is 6.34. The average molecular weight is 662 g/mol. The van der Waals surface area contributed by atoms with Crippen LogP contribution in [0.4, 0.5) is 5.69 Å². The van der Waals surface area contributed by atoms with Crippen molar-refractivity contribution in [2.75, 3.05) is 24.6 Å². The second-order valence-electron chi connectivity index (χ2n) is 12.9. The smallest absolute Gasteiger partial charge is 0.313 e. The Morgan fingerprint density at radius 3 is 2.51 bits per heavy atom. The molecule has 47 heavy (non-hydrogen) atoms. The van der Waals surface area contributed by atoms with E-state index < -0.39 is 59.5 Å². The predicted octanol–water partition coefficient (Wildman–Crippen LogP) is 3.90. The number of hydrogen-bond donors (Lipinski definition) is 2. The fraction of sp³-hybridized carbons (Fsp3) is 0.444. The molecule has 4 heterocycles. The molecule has 1 spiro atoms. The van der Waals surface area contributed by atoms with Crippen LogP contribution in [-0.2, 0) is 28.7 Å². The average Bonchev–Trinajstić information content (AvgIpc) is 3.43. The third-order valence-electron chi connectivity index (χ3n) is 9.75. The lowest BCUT2D eigenvalue weighted by Crippen LogP contribution is -2.59. The van der Waals surface area contributed by atoms with E-state index in [4.69, 9.17) is 21.1 Å². The lowest BCUT2D eigenvalue weighted by molar-refractivity contribution is -0.160. The van der Waals surface area contributed by atoms with Crippen molar-refractivity contribution in [1.29, 1.82) is 0 Å². The minimum absolute atomic E-state index is 0.0551. The van der Waals surface area contributed by atoms with Gasteiger partial charge in [-0.3, -0.25) is 19.2 Å². The van der Waals surface area contributed by atoms with Crippen LogP contribution in [0.1, 0.15) is 43.9 Å². The van der Waals surface area contributed by atoms with Gasteiger partial charge in [-0.1, -0.05) is 92.2 Å². The summed E-state index contributed by atoms with van der Waals surface area (Å²) in [5, 5.41) is 13.8. The SMILES string of the molecule is Cc1cccc(Cl)c1N1CC=C[C@]23O[C@@H]4/C=C\CCC(=O)NC[C@@H](c5ccccc5)OC(=O)[C@@H]4[C@H]2C(=O)N([C@@H](CO)C(C)C)[C@@H]3C1=O. The number of aliphatic hydroxyl groups is 1. The maximum Gasteiger partial charge on any atom is 0.313 e. The van der Waals surface area contributed by atoms with Crippen LogP contribution in [0.5, 0.6) is 0 Å². The number of ether oxygens (including phenoxy) is 2. The quantitative estimate of drug-likeness (QED) is 0.368. The number of benzene rings is 2. The molecule has 0 saturated carbocycles. The first kappa shape index (κ1) is 32.9. The third-order valence-corrected chi connectivity index (χ3v) is 10.1. The van der Waals surface area contributed by atoms with Crippen LogP contribution in [-0.4, -0.2) is 77.2 Å². The van der Waals surface area contributed by atoms with Gasteiger partial charge in [-0.05, 0) is 36.5 Å². The van der Waals surface area contributed by atoms with Crippen molar-refractivity contribution >= 4 is 41.0 Å². The van der Waals surface area contributed by atoms with Gasteiger partial charge in [0.15, 0.2) is 0 Å². The van der Waals surface area contributed by atoms with Crippen LogP contribution in [0, 0.1) is 24.7 Å². The zero-order valence-electron chi connectivity index (χ0n) is 26.7. The lowest BCUT2D eigenvalue weighted by Gasteiger charge is -2.40. The van der Waals surface area contributed by atoms with Crippen molar-refractivity contribution in [3.8, 4) is 0 Å². The Hall–Kier alpha value is -3.99. The van der Waals surface area contributed by atoms with Crippen LogP contribution in [0.25, 0.3) is 0 Å². The number of rotatable bonds is 5. The molecule has 4 aliphatic rings. The maximum atomic E-state index is 14.9. The number of fused-ring (bicyclic) bond motifs is 2. The van der Waals surface area contributed by atoms with Crippen LogP contribution >= 0.6 is 11.6 Å². The number of likely N-dealkylation sites (tertiary alicyclic amines) is 1. The number of amides is 3. The molecule has 6 rings (SSSR count). The molecular weight excluding hydrogens is 622 g/mol. The van der Waals surface area contributed by atoms with Crippen LogP contribution < -0.4 is 10.2 Å². The van der Waals surface area contributed by atoms with Gasteiger partial charge in [0.1, 0.15) is 23.7 Å². The van der Waals surface area contributed by atoms with Crippen molar-refractivity contribution < 1.29 is 33.8 Å². The van der Waals surface area contributed by atoms with E-state index in [1.54, 1.807) is 41.3 Å². The number of aliphatic hydroxyl groups excluding tert-OH is 1. The first-order valence-electron chi connectivity index (χ1n) is 16.1. The molecule has 2 saturated heterocycles. The molecular formula is C36H40ClN3O7. The topological polar surface area (TPSA) is 125 Å². The number of hydrogen-bond acceptors (Lipinski definition) is 7. The van der Waals surface area contributed by atoms with Crippen molar-refractivity contribution in [1.82, 2.24) is 10.2 Å². The molecule has 4 aliphatic heterocycles. The van der Waals surface area contributed by atoms with Gasteiger partial charge in [-0.25, -0.2) is 0 Å². The van der Waals surface area contributed by atoms with Gasteiger partial charge in [0.2, 0.25) is 11.8 Å². The molecule has 2 aromatic rings. The molecule has 2 fully saturated rings. The largest absolute Gasteiger partial charge is 0.455 e. The highest BCUT2D eigenvalue weighted by atomic mass is 35.5. The highest BCUT2D eigenvalue weighted by Crippen LogP contribution is 2.54. The standard InChI is InChI=1S/C36H40ClN3O7/c1-21(2)25(20-41)40-32-34(44)39(31-22(3)11-9-14-24(31)37)18-10-17-36(32)30(33(40)43)29-26(47-36)15-7-8-16-28(42)38-19-27(46-35(29)45)23-12-5-4-6-13-23/h4-7,9-15,17,21,25-27,29-30,32,41H,8,16,18-20H2,1-3H3,(H,38,42)/b15-7-/t25-,26+,27-,29-,30-,32+,36-/m0/s1. The number of para-hydroxylation sites is 1. The molecule has 7 atom stereocenters. The maximum absolute atomic E-state index is 14.9. The van der Waals surface area contributed by atoms with E-state index in [0.29, 0.717) is 22.7 Å². The number of anilines is 1. The number of cyclic esters (lactones) is 1. The summed E-state index contributed by atoms with van der Waals surface area (Å²) in [4.78, 5) is 59.5. The van der Waals surface area contributed by atoms with Gasteiger partial charge in [0, 0.05) is 13.0 Å². The monoisotopic (exact) mass is 661 g/mol. The Balaban J connectivity index is 1.48. The molecule has 0 aliphatic carbocycles. The Morgan fingerprint density at radius 1 is 1.04 bits per heavy atom. The van der Waals surface area contributed by atoms with Gasteiger partial charge >= 0.3 is 5.97 Å². The summed E-state index contributed by atoms with van der Waals surface area (Å²) < 4.78 is 12.9. The van der Waals surface area contributed by atoms with E-state index in [9.17, 15) is 24.3 Å². The van der Waals surface area contributed by atoms with Gasteiger partial charge in [0.05, 0.1) is 41.9 Å². The Morgan fingerprint density at radius 2 is 1.81 bits per heavy atom. The molecule has 11 heteroatoms. The third kappa shape index (κ3) is 5.76. The number of allylic oxidation sites excluding steroid dienone is 1. The second-order valence-corrected chi connectivity index (χ2v) is 13.4. The minimum Gasteiger partial charge on any atom is -0.455 e. The zero-order valence-corrected chi connectivity index (χ0v) is 27.4. The van der Waals surface area contributed by atoms with Crippen molar-refractivity contribution in [2.45, 2.75) is 63.5 Å². The number of carbonyl (C=O) groups excluding carboxylic acids is 4. The summed E-state index contributed by atoms with van der Waals surface area (Å²) in [6.07, 6.45) is 5.85. The molecule has 3 amide bonds. The zero-order chi connectivity index (χ0) is 33.5. The Labute approximate surface area is 279 Å². The van der Waals surface area contributed by atoms with Crippen molar-refractivity contribution in [2.24, 2.45) is 17.8 Å². The van der Waals surface area contributed by atoms with E-state index in [1.807, 2.05) is 57.2 Å². The van der Waals surface area contributed by atoms with Crippen LogP contribution in [0.2, 0.25) is 5.02 Å². The summed E-state index contributed by atoms with van der Waals surface area (Å²) in [7, 11) is 0. The highest BCUT2D eigenvalue weighted by Gasteiger charge is 2.72. The van der Waals surface area contributed by atoms with E-state index in [-0.39, 0.29) is 37.9 Å². The molecule has 0 aromatic heterocycles. The van der Waals surface area contributed by atoms with Gasteiger partial charge in [-0.2, -0.15) is 0 Å². The number of nitrogens with zero attached hydrogens (tertiary/aromatic N) is 2. The number of aryl methyl sites for hydroxylation is 1. The molecule has 0 bridgehead atoms. The summed E-state index contributed by atoms with van der Waals surface area (Å²) in [5.74, 6) is -4.20. The molecule has 2 aromatic carbocycles. The molecule has 10 nitrogen and oxygen atoms in total. The van der Waals surface area contributed by atoms with Crippen LogP contribution in [0.3, 0.4) is 0 Å². The molecule has 0 radical (unpaired) electrons. The van der Waals surface area contributed by atoms with E-state index in [2.05, 4.69) is 5.32 Å². The van der Waals surface area contributed by atoms with E-state index in [1.165, 1.54) is 4.90 Å². The van der Waals surface area contributed by atoms with Gasteiger partial charge < -0.3 is 29.7 Å². The fourth-order valence-corrected chi connectivity index (χ4v) is 7.81. The van der Waals surface area contributed by atoms with Gasteiger partial charge in [0.25, 0.3) is 5.91 Å². The number of carbonyl (C=O) groups is 4. The summed E-state index contributed by atoms with van der Waals surface area (Å²) in [5.41, 5.74) is 0.441. The second kappa shape index (κ2) is 13.3. The number of esters is 1. The van der Waals surface area contributed by atoms with Crippen molar-refractivity contribution in [3.63, 3.8) is 0 Å². The minimum atomic E-state index is -1.55. The molecule has 0 unspecified atom stereocenters. The Bertz CT molecular complexity index is 1590. The fourth-order valence-electron chi connectivity index (χ4n) is 7.49. The van der Waals surface area contributed by atoms with E-state index >= 15 is 0 Å². The first-order valence-corrected chi connectivity index (χ1v) is 16.5. The van der Waals surface area contributed by atoms with Gasteiger partial charge in [-0.15, -0.1) is 0 Å². The number of nitrogens with one attached hydrogen (secondary N) is 1. The Kier molecular flexibility index (Phi) is 9.29. The summed E-state index contributed by atoms with van der Waals surface area (Å²) in [6, 6.07) is 12.5. The normalized spacial score (nSPS) is 30.8. The summed E-state index contributed by atoms with van der Waals surface area (Å²) >= 11 is 6.66. The molecule has 248 valence electrons.